The average Bonchev–Trinajstić information content (AvgIpc) is 2.78. The van der Waals surface area contributed by atoms with Crippen molar-refractivity contribution >= 4 is 17.8 Å². The normalized spacial score (nSPS) is 14.5. The molecule has 0 saturated carbocycles. The molecule has 0 bridgehead atoms. The summed E-state index contributed by atoms with van der Waals surface area (Å²) >= 11 is 0. The summed E-state index contributed by atoms with van der Waals surface area (Å²) in [6.07, 6.45) is 2.48. The van der Waals surface area contributed by atoms with E-state index in [9.17, 15) is 14.4 Å². The van der Waals surface area contributed by atoms with Crippen molar-refractivity contribution in [2.45, 2.75) is 26.4 Å². The number of carbonyl (C=O) groups excluding carboxylic acids is 3. The zero-order chi connectivity index (χ0) is 18.0. The Morgan fingerprint density at radius 3 is 1.96 bits per heavy atom. The molecule has 8 nitrogen and oxygen atoms in total. The summed E-state index contributed by atoms with van der Waals surface area (Å²) in [4.78, 5) is 35.0. The van der Waals surface area contributed by atoms with Gasteiger partial charge in [-0.25, -0.2) is 4.79 Å². The van der Waals surface area contributed by atoms with Crippen LogP contribution in [0.2, 0.25) is 0 Å². The fraction of sp³-hybridized carbons (Fsp3) is 0.688. The SMILES string of the molecule is CC(C)(C)OC(=O)COCCOCCOCCN1C(=O)C=CC1=O. The molecule has 2 amide bonds. The molecule has 8 heteroatoms. The third-order valence-corrected chi connectivity index (χ3v) is 2.74. The topological polar surface area (TPSA) is 91.4 Å². The van der Waals surface area contributed by atoms with Gasteiger partial charge in [0.2, 0.25) is 0 Å². The Balaban J connectivity index is 1.88. The Morgan fingerprint density at radius 2 is 1.42 bits per heavy atom. The lowest BCUT2D eigenvalue weighted by Gasteiger charge is -2.19. The minimum absolute atomic E-state index is 0.108. The molecule has 0 unspecified atom stereocenters. The molecule has 1 rings (SSSR count). The molecule has 1 aliphatic heterocycles. The predicted molar refractivity (Wildman–Crippen MR) is 84.2 cm³/mol. The summed E-state index contributed by atoms with van der Waals surface area (Å²) in [5.41, 5.74) is -0.519. The summed E-state index contributed by atoms with van der Waals surface area (Å²) in [5, 5.41) is 0. The summed E-state index contributed by atoms with van der Waals surface area (Å²) in [6, 6.07) is 0. The minimum atomic E-state index is -0.519. The first kappa shape index (κ1) is 20.3. The van der Waals surface area contributed by atoms with Gasteiger partial charge < -0.3 is 18.9 Å². The third kappa shape index (κ3) is 8.76. The van der Waals surface area contributed by atoms with Gasteiger partial charge in [-0.3, -0.25) is 14.5 Å². The van der Waals surface area contributed by atoms with E-state index in [-0.39, 0.29) is 38.2 Å². The molecule has 0 fully saturated rings. The molecule has 0 saturated heterocycles. The van der Waals surface area contributed by atoms with E-state index in [0.29, 0.717) is 19.8 Å². The van der Waals surface area contributed by atoms with E-state index in [1.807, 2.05) is 0 Å². The molecule has 136 valence electrons. The Kier molecular flexibility index (Phi) is 8.59. The van der Waals surface area contributed by atoms with Gasteiger partial charge in [0.15, 0.2) is 0 Å². The highest BCUT2D eigenvalue weighted by molar-refractivity contribution is 6.12. The number of imide groups is 1. The Bertz CT molecular complexity index is 450. The molecular weight excluding hydrogens is 318 g/mol. The number of amides is 2. The van der Waals surface area contributed by atoms with E-state index in [0.717, 1.165) is 4.90 Å². The maximum absolute atomic E-state index is 11.4. The van der Waals surface area contributed by atoms with Crippen LogP contribution in [0.5, 0.6) is 0 Å². The number of ether oxygens (including phenoxy) is 4. The molecule has 0 N–H and O–H groups in total. The molecule has 0 aromatic rings. The molecule has 1 heterocycles. The molecule has 0 aromatic heterocycles. The van der Waals surface area contributed by atoms with Gasteiger partial charge >= 0.3 is 5.97 Å². The standard InChI is InChI=1S/C16H25NO7/c1-16(2,3)24-15(20)12-23-11-10-22-9-8-21-7-6-17-13(18)4-5-14(17)19/h4-5H,6-12H2,1-3H3. The Hall–Kier alpha value is -1.77. The first-order chi connectivity index (χ1) is 11.3. The molecule has 24 heavy (non-hydrogen) atoms. The minimum Gasteiger partial charge on any atom is -0.458 e. The van der Waals surface area contributed by atoms with Crippen LogP contribution in [0.15, 0.2) is 12.2 Å². The fourth-order valence-corrected chi connectivity index (χ4v) is 1.77. The van der Waals surface area contributed by atoms with Gasteiger partial charge in [-0.05, 0) is 20.8 Å². The number of hydrogen-bond donors (Lipinski definition) is 0. The van der Waals surface area contributed by atoms with Crippen LogP contribution in [0, 0.1) is 0 Å². The summed E-state index contributed by atoms with van der Waals surface area (Å²) < 4.78 is 20.8. The zero-order valence-corrected chi connectivity index (χ0v) is 14.4. The smallest absolute Gasteiger partial charge is 0.332 e. The highest BCUT2D eigenvalue weighted by atomic mass is 16.6. The first-order valence-corrected chi connectivity index (χ1v) is 7.78. The van der Waals surface area contributed by atoms with Gasteiger partial charge in [-0.2, -0.15) is 0 Å². The van der Waals surface area contributed by atoms with Crippen LogP contribution in [0.25, 0.3) is 0 Å². The summed E-state index contributed by atoms with van der Waals surface area (Å²) in [7, 11) is 0. The van der Waals surface area contributed by atoms with Gasteiger partial charge in [0.25, 0.3) is 11.8 Å². The van der Waals surface area contributed by atoms with E-state index in [1.165, 1.54) is 12.2 Å². The van der Waals surface area contributed by atoms with E-state index in [4.69, 9.17) is 18.9 Å². The number of carbonyl (C=O) groups is 3. The van der Waals surface area contributed by atoms with Crippen molar-refractivity contribution in [3.63, 3.8) is 0 Å². The molecule has 0 atom stereocenters. The van der Waals surface area contributed by atoms with Crippen molar-refractivity contribution in [3.8, 4) is 0 Å². The second-order valence-corrected chi connectivity index (χ2v) is 6.03. The van der Waals surface area contributed by atoms with Crippen LogP contribution in [0.3, 0.4) is 0 Å². The molecular formula is C16H25NO7. The van der Waals surface area contributed by atoms with Crippen molar-refractivity contribution in [1.82, 2.24) is 4.90 Å². The monoisotopic (exact) mass is 343 g/mol. The van der Waals surface area contributed by atoms with E-state index < -0.39 is 11.6 Å². The van der Waals surface area contributed by atoms with E-state index in [1.54, 1.807) is 20.8 Å². The van der Waals surface area contributed by atoms with Crippen molar-refractivity contribution in [1.29, 1.82) is 0 Å². The van der Waals surface area contributed by atoms with Crippen LogP contribution in [-0.4, -0.2) is 74.5 Å². The predicted octanol–water partition coefficient (Wildman–Crippen LogP) is 0.303. The molecule has 0 aliphatic carbocycles. The van der Waals surface area contributed by atoms with Crippen LogP contribution >= 0.6 is 0 Å². The number of rotatable bonds is 11. The summed E-state index contributed by atoms with van der Waals surface area (Å²) in [6.45, 7) is 7.07. The summed E-state index contributed by atoms with van der Waals surface area (Å²) in [5.74, 6) is -1.05. The number of nitrogens with zero attached hydrogens (tertiary/aromatic N) is 1. The van der Waals surface area contributed by atoms with Gasteiger partial charge in [0.05, 0.1) is 39.6 Å². The molecule has 1 aliphatic rings. The third-order valence-electron chi connectivity index (χ3n) is 2.74. The fourth-order valence-electron chi connectivity index (χ4n) is 1.77. The van der Waals surface area contributed by atoms with Crippen molar-refractivity contribution in [2.24, 2.45) is 0 Å². The molecule has 0 spiro atoms. The van der Waals surface area contributed by atoms with Crippen molar-refractivity contribution in [2.75, 3.05) is 46.2 Å². The maximum atomic E-state index is 11.4. The van der Waals surface area contributed by atoms with Crippen molar-refractivity contribution < 1.29 is 33.3 Å². The van der Waals surface area contributed by atoms with Crippen LogP contribution in [-0.2, 0) is 33.3 Å². The van der Waals surface area contributed by atoms with Crippen LogP contribution < -0.4 is 0 Å². The first-order valence-electron chi connectivity index (χ1n) is 7.78. The van der Waals surface area contributed by atoms with E-state index >= 15 is 0 Å². The zero-order valence-electron chi connectivity index (χ0n) is 14.4. The lowest BCUT2D eigenvalue weighted by molar-refractivity contribution is -0.160. The quantitative estimate of drug-likeness (QED) is 0.303. The van der Waals surface area contributed by atoms with Crippen LogP contribution in [0.1, 0.15) is 20.8 Å². The average molecular weight is 343 g/mol. The van der Waals surface area contributed by atoms with Crippen LogP contribution in [0.4, 0.5) is 0 Å². The van der Waals surface area contributed by atoms with E-state index in [2.05, 4.69) is 0 Å². The highest BCUT2D eigenvalue weighted by Crippen LogP contribution is 2.06. The van der Waals surface area contributed by atoms with Gasteiger partial charge in [-0.1, -0.05) is 0 Å². The maximum Gasteiger partial charge on any atom is 0.332 e. The number of esters is 1. The number of hydrogen-bond acceptors (Lipinski definition) is 7. The van der Waals surface area contributed by atoms with Gasteiger partial charge in [0, 0.05) is 12.2 Å². The highest BCUT2D eigenvalue weighted by Gasteiger charge is 2.22. The largest absolute Gasteiger partial charge is 0.458 e. The molecule has 0 radical (unpaired) electrons. The lowest BCUT2D eigenvalue weighted by atomic mass is 10.2. The Morgan fingerprint density at radius 1 is 0.917 bits per heavy atom. The lowest BCUT2D eigenvalue weighted by Crippen LogP contribution is -2.33. The molecule has 0 aromatic carbocycles. The van der Waals surface area contributed by atoms with Crippen molar-refractivity contribution in [3.05, 3.63) is 12.2 Å². The van der Waals surface area contributed by atoms with Gasteiger partial charge in [-0.15, -0.1) is 0 Å². The van der Waals surface area contributed by atoms with Gasteiger partial charge in [0.1, 0.15) is 12.2 Å². The Labute approximate surface area is 141 Å². The second kappa shape index (κ2) is 10.2. The second-order valence-electron chi connectivity index (χ2n) is 6.03.